The number of ether oxygens (including phenoxy) is 1. The van der Waals surface area contributed by atoms with Gasteiger partial charge in [-0.05, 0) is 46.2 Å². The molecule has 0 aliphatic heterocycles. The quantitative estimate of drug-likeness (QED) is 0.376. The molecule has 2 atom stereocenters. The molecule has 1 unspecified atom stereocenters. The second-order valence-electron chi connectivity index (χ2n) is 7.44. The number of hydrogen-bond donors (Lipinski definition) is 5. The van der Waals surface area contributed by atoms with E-state index in [0.717, 1.165) is 0 Å². The fraction of sp³-hybridized carbons (Fsp3) is 0.500. The minimum absolute atomic E-state index is 0.0630. The average molecular weight is 422 g/mol. The number of carbonyl (C=O) groups excluding carboxylic acids is 2. The molecule has 0 radical (unpaired) electrons. The summed E-state index contributed by atoms with van der Waals surface area (Å²) in [5, 5.41) is 26.9. The smallest absolute Gasteiger partial charge is 0.407 e. The molecule has 2 amide bonds. The van der Waals surface area contributed by atoms with E-state index >= 15 is 0 Å². The zero-order valence-electron chi connectivity index (χ0n) is 17.9. The molecule has 0 saturated carbocycles. The Morgan fingerprint density at radius 2 is 1.93 bits per heavy atom. The lowest BCUT2D eigenvalue weighted by atomic mass is 10.2. The molecule has 0 aromatic carbocycles. The predicted octanol–water partition coefficient (Wildman–Crippen LogP) is 1.51. The summed E-state index contributed by atoms with van der Waals surface area (Å²) in [5.74, 6) is -1.70. The predicted molar refractivity (Wildman–Crippen MR) is 109 cm³/mol. The number of carboxylic acid groups (broad SMARTS) is 1. The normalized spacial score (nSPS) is 13.9. The van der Waals surface area contributed by atoms with Crippen molar-refractivity contribution in [2.24, 2.45) is 0 Å². The average Bonchev–Trinajstić information content (AvgIpc) is 2.66. The van der Waals surface area contributed by atoms with E-state index in [1.165, 1.54) is 12.1 Å². The van der Waals surface area contributed by atoms with Gasteiger partial charge >= 0.3 is 12.1 Å². The van der Waals surface area contributed by atoms with E-state index in [-0.39, 0.29) is 24.4 Å². The lowest BCUT2D eigenvalue weighted by molar-refractivity contribution is -0.140. The molecule has 1 aromatic rings. The fourth-order valence-corrected chi connectivity index (χ4v) is 2.32. The number of nitrogens with one attached hydrogen (secondary N) is 3. The van der Waals surface area contributed by atoms with Crippen LogP contribution in [0.4, 0.5) is 4.79 Å². The van der Waals surface area contributed by atoms with Crippen molar-refractivity contribution < 1.29 is 29.3 Å². The summed E-state index contributed by atoms with van der Waals surface area (Å²) in [6.45, 7) is 8.56. The van der Waals surface area contributed by atoms with Crippen LogP contribution in [0, 0.1) is 0 Å². The Bertz CT molecular complexity index is 788. The third-order valence-electron chi connectivity index (χ3n) is 3.78. The number of allylic oxidation sites excluding steroid dienone is 1. The van der Waals surface area contributed by atoms with Gasteiger partial charge in [0.1, 0.15) is 23.6 Å². The Balaban J connectivity index is 2.75. The standard InChI is InChI=1S/C20H30N4O6/c1-6-13(16(25)24-14(7-2)18(27)28)23-17(26)15-10-8-9-12(22-15)11-21-19(29)30-20(3,4)5/h6,8-10,14,16,24-25H,7,11H2,1-5H3,(H,21,29)(H,23,26)(H,27,28)/b13-6-/t14-,16?/m0/s1. The minimum Gasteiger partial charge on any atom is -0.480 e. The maximum Gasteiger partial charge on any atom is 0.407 e. The topological polar surface area (TPSA) is 150 Å². The monoisotopic (exact) mass is 422 g/mol. The van der Waals surface area contributed by atoms with Crippen LogP contribution >= 0.6 is 0 Å². The van der Waals surface area contributed by atoms with Gasteiger partial charge < -0.3 is 25.6 Å². The highest BCUT2D eigenvalue weighted by molar-refractivity contribution is 5.93. The van der Waals surface area contributed by atoms with Gasteiger partial charge in [0, 0.05) is 0 Å². The maximum atomic E-state index is 12.5. The van der Waals surface area contributed by atoms with Gasteiger partial charge in [-0.1, -0.05) is 19.1 Å². The second kappa shape index (κ2) is 11.3. The largest absolute Gasteiger partial charge is 0.480 e. The van der Waals surface area contributed by atoms with Crippen LogP contribution < -0.4 is 16.0 Å². The van der Waals surface area contributed by atoms with E-state index in [4.69, 9.17) is 9.84 Å². The van der Waals surface area contributed by atoms with E-state index in [9.17, 15) is 19.5 Å². The van der Waals surface area contributed by atoms with Crippen LogP contribution in [0.3, 0.4) is 0 Å². The van der Waals surface area contributed by atoms with Crippen LogP contribution in [0.25, 0.3) is 0 Å². The van der Waals surface area contributed by atoms with Crippen molar-refractivity contribution in [1.29, 1.82) is 0 Å². The summed E-state index contributed by atoms with van der Waals surface area (Å²) < 4.78 is 5.15. The lowest BCUT2D eigenvalue weighted by Crippen LogP contribution is -2.47. The summed E-state index contributed by atoms with van der Waals surface area (Å²) in [7, 11) is 0. The second-order valence-corrected chi connectivity index (χ2v) is 7.44. The fourth-order valence-electron chi connectivity index (χ4n) is 2.32. The Kier molecular flexibility index (Phi) is 9.41. The molecule has 1 heterocycles. The third kappa shape index (κ3) is 8.58. The molecule has 10 nitrogen and oxygen atoms in total. The van der Waals surface area contributed by atoms with Crippen LogP contribution in [0.1, 0.15) is 57.2 Å². The van der Waals surface area contributed by atoms with Crippen molar-refractivity contribution in [3.05, 3.63) is 41.4 Å². The molecule has 0 saturated heterocycles. The number of carbonyl (C=O) groups is 3. The summed E-state index contributed by atoms with van der Waals surface area (Å²) in [5.41, 5.74) is -0.0331. The van der Waals surface area contributed by atoms with E-state index in [0.29, 0.717) is 5.69 Å². The number of aliphatic carboxylic acids is 1. The van der Waals surface area contributed by atoms with Crippen LogP contribution in [0.15, 0.2) is 30.0 Å². The number of pyridine rings is 1. The molecule has 0 spiro atoms. The molecular formula is C20H30N4O6. The molecular weight excluding hydrogens is 392 g/mol. The van der Waals surface area contributed by atoms with Crippen molar-refractivity contribution in [3.8, 4) is 0 Å². The number of aliphatic hydroxyl groups excluding tert-OH is 1. The zero-order chi connectivity index (χ0) is 22.9. The van der Waals surface area contributed by atoms with Gasteiger partial charge in [-0.25, -0.2) is 9.78 Å². The van der Waals surface area contributed by atoms with Crippen molar-refractivity contribution in [2.75, 3.05) is 0 Å². The number of hydrogen-bond acceptors (Lipinski definition) is 7. The third-order valence-corrected chi connectivity index (χ3v) is 3.78. The van der Waals surface area contributed by atoms with E-state index in [1.54, 1.807) is 46.8 Å². The van der Waals surface area contributed by atoms with E-state index in [1.807, 2.05) is 0 Å². The van der Waals surface area contributed by atoms with Gasteiger partial charge in [0.15, 0.2) is 0 Å². The Morgan fingerprint density at radius 1 is 1.27 bits per heavy atom. The number of carboxylic acids is 1. The first kappa shape index (κ1) is 25.1. The van der Waals surface area contributed by atoms with Crippen LogP contribution in [-0.4, -0.2) is 51.0 Å². The molecule has 166 valence electrons. The first-order valence-electron chi connectivity index (χ1n) is 9.54. The van der Waals surface area contributed by atoms with Crippen molar-refractivity contribution in [1.82, 2.24) is 20.9 Å². The SMILES string of the molecule is C/C=C(\NC(=O)c1cccc(CNC(=O)OC(C)(C)C)n1)C(O)N[C@@H](CC)C(=O)O. The van der Waals surface area contributed by atoms with E-state index < -0.39 is 35.8 Å². The van der Waals surface area contributed by atoms with Gasteiger partial charge in [-0.2, -0.15) is 0 Å². The van der Waals surface area contributed by atoms with Crippen LogP contribution in [-0.2, 0) is 16.1 Å². The van der Waals surface area contributed by atoms with Gasteiger partial charge in [0.2, 0.25) is 0 Å². The molecule has 0 bridgehead atoms. The van der Waals surface area contributed by atoms with Crippen LogP contribution in [0.5, 0.6) is 0 Å². The van der Waals surface area contributed by atoms with Gasteiger partial charge in [0.25, 0.3) is 5.91 Å². The summed E-state index contributed by atoms with van der Waals surface area (Å²) >= 11 is 0. The Hall–Kier alpha value is -2.98. The molecule has 0 aliphatic carbocycles. The number of amides is 2. The first-order chi connectivity index (χ1) is 14.0. The Labute approximate surface area is 175 Å². The van der Waals surface area contributed by atoms with E-state index in [2.05, 4.69) is 20.9 Å². The maximum absolute atomic E-state index is 12.5. The van der Waals surface area contributed by atoms with Crippen LogP contribution in [0.2, 0.25) is 0 Å². The van der Waals surface area contributed by atoms with Crippen molar-refractivity contribution >= 4 is 18.0 Å². The van der Waals surface area contributed by atoms with Crippen molar-refractivity contribution in [3.63, 3.8) is 0 Å². The molecule has 10 heteroatoms. The zero-order valence-corrected chi connectivity index (χ0v) is 17.9. The van der Waals surface area contributed by atoms with Gasteiger partial charge in [-0.15, -0.1) is 0 Å². The number of aromatic nitrogens is 1. The minimum atomic E-state index is -1.38. The number of nitrogens with zero attached hydrogens (tertiary/aromatic N) is 1. The highest BCUT2D eigenvalue weighted by atomic mass is 16.6. The van der Waals surface area contributed by atoms with Crippen molar-refractivity contribution in [2.45, 2.75) is 65.5 Å². The number of rotatable bonds is 9. The Morgan fingerprint density at radius 3 is 2.47 bits per heavy atom. The lowest BCUT2D eigenvalue weighted by Gasteiger charge is -2.21. The first-order valence-corrected chi connectivity index (χ1v) is 9.54. The molecule has 30 heavy (non-hydrogen) atoms. The van der Waals surface area contributed by atoms with Gasteiger partial charge in [-0.3, -0.25) is 14.9 Å². The molecule has 0 fully saturated rings. The summed E-state index contributed by atoms with van der Waals surface area (Å²) in [6.07, 6.45) is -0.269. The molecule has 0 aliphatic rings. The number of alkyl carbamates (subject to hydrolysis) is 1. The molecule has 5 N–H and O–H groups in total. The molecule has 1 aromatic heterocycles. The summed E-state index contributed by atoms with van der Waals surface area (Å²) in [6, 6.07) is 3.76. The molecule has 1 rings (SSSR count). The summed E-state index contributed by atoms with van der Waals surface area (Å²) in [4.78, 5) is 39.6. The van der Waals surface area contributed by atoms with Gasteiger partial charge in [0.05, 0.1) is 17.9 Å². The number of aliphatic hydroxyl groups is 1. The highest BCUT2D eigenvalue weighted by Gasteiger charge is 2.22. The highest BCUT2D eigenvalue weighted by Crippen LogP contribution is 2.07.